The van der Waals surface area contributed by atoms with E-state index in [0.29, 0.717) is 29.7 Å². The first kappa shape index (κ1) is 28.7. The molecule has 43 heavy (non-hydrogen) atoms. The normalized spacial score (nSPS) is 18.4. The Bertz CT molecular complexity index is 1590. The molecule has 4 aromatic rings. The van der Waals surface area contributed by atoms with Crippen LogP contribution in [0.5, 0.6) is 34.5 Å². The summed E-state index contributed by atoms with van der Waals surface area (Å²) >= 11 is 0. The van der Waals surface area contributed by atoms with Crippen LogP contribution >= 0.6 is 0 Å². The first-order chi connectivity index (χ1) is 20.9. The average molecular weight is 583 g/mol. The van der Waals surface area contributed by atoms with Crippen LogP contribution in [0.4, 0.5) is 0 Å². The number of methoxy groups -OCH3 is 3. The van der Waals surface area contributed by atoms with Crippen molar-refractivity contribution in [3.05, 3.63) is 106 Å². The Morgan fingerprint density at radius 2 is 1.09 bits per heavy atom. The summed E-state index contributed by atoms with van der Waals surface area (Å²) in [5, 5.41) is 19.9. The van der Waals surface area contributed by atoms with Crippen molar-refractivity contribution in [1.82, 2.24) is 9.80 Å². The molecule has 0 aromatic heterocycles. The lowest BCUT2D eigenvalue weighted by molar-refractivity contribution is 0.0894. The van der Waals surface area contributed by atoms with E-state index >= 15 is 0 Å². The molecule has 4 aromatic carbocycles. The van der Waals surface area contributed by atoms with Gasteiger partial charge in [-0.25, -0.2) is 0 Å². The van der Waals surface area contributed by atoms with Crippen LogP contribution in [0.15, 0.2) is 72.8 Å². The molecule has 0 spiro atoms. The van der Waals surface area contributed by atoms with E-state index in [1.165, 1.54) is 16.7 Å². The maximum atomic E-state index is 10.0. The monoisotopic (exact) mass is 582 g/mol. The smallest absolute Gasteiger partial charge is 0.163 e. The Kier molecular flexibility index (Phi) is 8.06. The quantitative estimate of drug-likeness (QED) is 0.275. The van der Waals surface area contributed by atoms with E-state index in [2.05, 4.69) is 41.1 Å². The van der Waals surface area contributed by atoms with E-state index in [4.69, 9.17) is 18.9 Å². The highest BCUT2D eigenvalue weighted by atomic mass is 16.5. The number of rotatable bonds is 8. The van der Waals surface area contributed by atoms with Crippen molar-refractivity contribution in [2.45, 2.75) is 24.9 Å². The summed E-state index contributed by atoms with van der Waals surface area (Å²) in [5.41, 5.74) is 6.87. The zero-order valence-corrected chi connectivity index (χ0v) is 25.0. The average Bonchev–Trinajstić information content (AvgIpc) is 3.03. The summed E-state index contributed by atoms with van der Waals surface area (Å²) < 4.78 is 23.7. The largest absolute Gasteiger partial charge is 0.508 e. The van der Waals surface area contributed by atoms with E-state index in [1.807, 2.05) is 24.3 Å². The molecule has 2 unspecified atom stereocenters. The molecule has 2 aliphatic rings. The van der Waals surface area contributed by atoms with E-state index in [1.54, 1.807) is 45.6 Å². The van der Waals surface area contributed by atoms with Gasteiger partial charge in [0, 0.05) is 13.1 Å². The van der Waals surface area contributed by atoms with E-state index in [0.717, 1.165) is 42.6 Å². The first-order valence-electron chi connectivity index (χ1n) is 14.5. The molecule has 224 valence electrons. The Hall–Kier alpha value is -4.40. The third-order valence-corrected chi connectivity index (χ3v) is 8.67. The van der Waals surface area contributed by atoms with Crippen LogP contribution < -0.4 is 18.9 Å². The van der Waals surface area contributed by atoms with Crippen molar-refractivity contribution in [1.29, 1.82) is 0 Å². The summed E-state index contributed by atoms with van der Waals surface area (Å²) in [6, 6.07) is 23.0. The van der Waals surface area contributed by atoms with Gasteiger partial charge in [0.25, 0.3) is 0 Å². The Balaban J connectivity index is 1.35. The van der Waals surface area contributed by atoms with Crippen molar-refractivity contribution in [3.8, 4) is 34.5 Å². The zero-order valence-electron chi connectivity index (χ0n) is 25.0. The lowest BCUT2D eigenvalue weighted by Crippen LogP contribution is -2.39. The molecule has 0 aliphatic carbocycles. The highest BCUT2D eigenvalue weighted by molar-refractivity contribution is 5.53. The standard InChI is InChI=1S/C35H38N2O6/c1-36-15-13-24-18-31(41-3)33(20-28(24)34(36)22-5-9-26(38)10-6-22)43-21-37-16-14-25-17-30(40-2)32(42-4)19-29(25)35(37)23-7-11-27(39)12-8-23/h5-12,17-20,34-35,38-39H,13-16,21H2,1-4H3. The van der Waals surface area contributed by atoms with Gasteiger partial charge in [-0.1, -0.05) is 24.3 Å². The summed E-state index contributed by atoms with van der Waals surface area (Å²) in [6.45, 7) is 2.01. The van der Waals surface area contributed by atoms with Crippen LogP contribution in [0.2, 0.25) is 0 Å². The molecule has 2 N–H and O–H groups in total. The van der Waals surface area contributed by atoms with Gasteiger partial charge in [-0.3, -0.25) is 9.80 Å². The van der Waals surface area contributed by atoms with Crippen molar-refractivity contribution in [2.75, 3.05) is 48.2 Å². The summed E-state index contributed by atoms with van der Waals surface area (Å²) in [6.07, 6.45) is 1.73. The van der Waals surface area contributed by atoms with E-state index in [-0.39, 0.29) is 23.6 Å². The number of hydrogen-bond donors (Lipinski definition) is 2. The van der Waals surface area contributed by atoms with Crippen LogP contribution in [-0.2, 0) is 12.8 Å². The SMILES string of the molecule is COc1cc2c(cc1OC)C(c1ccc(O)cc1)N(COc1cc3c(cc1OC)CCN(C)C3c1ccc(O)cc1)CC2. The highest BCUT2D eigenvalue weighted by Crippen LogP contribution is 2.43. The molecule has 2 heterocycles. The molecule has 2 aliphatic heterocycles. The van der Waals surface area contributed by atoms with Gasteiger partial charge in [-0.15, -0.1) is 0 Å². The molecular weight excluding hydrogens is 544 g/mol. The Morgan fingerprint density at radius 3 is 1.67 bits per heavy atom. The van der Waals surface area contributed by atoms with Gasteiger partial charge < -0.3 is 29.2 Å². The minimum Gasteiger partial charge on any atom is -0.508 e. The molecule has 0 saturated heterocycles. The molecule has 2 atom stereocenters. The minimum atomic E-state index is -0.122. The fourth-order valence-corrected chi connectivity index (χ4v) is 6.45. The fraction of sp³-hybridized carbons (Fsp3) is 0.314. The van der Waals surface area contributed by atoms with Gasteiger partial charge in [0.05, 0.1) is 33.4 Å². The molecule has 0 saturated carbocycles. The van der Waals surface area contributed by atoms with Crippen molar-refractivity contribution in [3.63, 3.8) is 0 Å². The van der Waals surface area contributed by atoms with Gasteiger partial charge >= 0.3 is 0 Å². The maximum Gasteiger partial charge on any atom is 0.163 e. The summed E-state index contributed by atoms with van der Waals surface area (Å²) in [5.74, 6) is 3.25. The number of phenolic OH excluding ortho intramolecular Hbond substituents is 2. The van der Waals surface area contributed by atoms with Gasteiger partial charge in [-0.05, 0) is 102 Å². The Labute approximate surface area is 252 Å². The first-order valence-corrected chi connectivity index (χ1v) is 14.5. The summed E-state index contributed by atoms with van der Waals surface area (Å²) in [4.78, 5) is 4.62. The third-order valence-electron chi connectivity index (χ3n) is 8.67. The van der Waals surface area contributed by atoms with Crippen molar-refractivity contribution >= 4 is 0 Å². The van der Waals surface area contributed by atoms with Crippen LogP contribution in [0.3, 0.4) is 0 Å². The fourth-order valence-electron chi connectivity index (χ4n) is 6.45. The van der Waals surface area contributed by atoms with Crippen molar-refractivity contribution in [2.24, 2.45) is 0 Å². The topological polar surface area (TPSA) is 83.9 Å². The highest BCUT2D eigenvalue weighted by Gasteiger charge is 2.32. The number of likely N-dealkylation sites (N-methyl/N-ethyl adjacent to an activating group) is 1. The number of ether oxygens (including phenoxy) is 4. The predicted molar refractivity (Wildman–Crippen MR) is 165 cm³/mol. The van der Waals surface area contributed by atoms with Gasteiger partial charge in [0.15, 0.2) is 23.0 Å². The minimum absolute atomic E-state index is 0.0339. The van der Waals surface area contributed by atoms with Crippen LogP contribution in [0, 0.1) is 0 Å². The molecule has 0 amide bonds. The van der Waals surface area contributed by atoms with Crippen LogP contribution in [0.1, 0.15) is 45.5 Å². The summed E-state index contributed by atoms with van der Waals surface area (Å²) in [7, 11) is 7.11. The second-order valence-corrected chi connectivity index (χ2v) is 11.2. The molecule has 0 radical (unpaired) electrons. The van der Waals surface area contributed by atoms with Crippen molar-refractivity contribution < 1.29 is 29.2 Å². The molecule has 0 bridgehead atoms. The van der Waals surface area contributed by atoms with E-state index in [9.17, 15) is 10.2 Å². The second-order valence-electron chi connectivity index (χ2n) is 11.2. The number of aromatic hydroxyl groups is 2. The third kappa shape index (κ3) is 5.56. The predicted octanol–water partition coefficient (Wildman–Crippen LogP) is 5.68. The van der Waals surface area contributed by atoms with Crippen LogP contribution in [0.25, 0.3) is 0 Å². The molecular formula is C35H38N2O6. The van der Waals surface area contributed by atoms with E-state index < -0.39 is 0 Å². The number of fused-ring (bicyclic) bond motifs is 2. The van der Waals surface area contributed by atoms with Crippen LogP contribution in [-0.4, -0.2) is 68.2 Å². The number of nitrogens with zero attached hydrogens (tertiary/aromatic N) is 2. The zero-order chi connectivity index (χ0) is 30.1. The lowest BCUT2D eigenvalue weighted by Gasteiger charge is -2.38. The number of hydrogen-bond acceptors (Lipinski definition) is 8. The van der Waals surface area contributed by atoms with Gasteiger partial charge in [-0.2, -0.15) is 0 Å². The van der Waals surface area contributed by atoms with Gasteiger partial charge in [0.1, 0.15) is 18.2 Å². The molecule has 0 fully saturated rings. The molecule has 8 heteroatoms. The molecule has 8 nitrogen and oxygen atoms in total. The maximum absolute atomic E-state index is 10.0. The molecule has 6 rings (SSSR count). The van der Waals surface area contributed by atoms with Gasteiger partial charge in [0.2, 0.25) is 0 Å². The lowest BCUT2D eigenvalue weighted by atomic mass is 9.88. The number of benzene rings is 4. The second kappa shape index (κ2) is 12.1. The number of phenols is 2. The Morgan fingerprint density at radius 1 is 0.628 bits per heavy atom.